The van der Waals surface area contributed by atoms with E-state index < -0.39 is 60.0 Å². The number of hydrogen-bond acceptors (Lipinski definition) is 6. The van der Waals surface area contributed by atoms with Crippen LogP contribution in [0.4, 0.5) is 0 Å². The van der Waals surface area contributed by atoms with E-state index in [4.69, 9.17) is 0 Å². The minimum absolute atomic E-state index is 0.00154. The molecule has 0 unspecified atom stereocenters. The van der Waals surface area contributed by atoms with Gasteiger partial charge in [0.1, 0.15) is 24.2 Å². The molecule has 0 aromatic rings. The van der Waals surface area contributed by atoms with Crippen LogP contribution in [0.3, 0.4) is 0 Å². The summed E-state index contributed by atoms with van der Waals surface area (Å²) in [5.41, 5.74) is 0. The number of fused-ring (bicyclic) bond motifs is 2. The highest BCUT2D eigenvalue weighted by Crippen LogP contribution is 2.25. The van der Waals surface area contributed by atoms with Crippen molar-refractivity contribution in [1.29, 1.82) is 0 Å². The molecule has 3 fully saturated rings. The fourth-order valence-corrected chi connectivity index (χ4v) is 4.93. The molecule has 3 rings (SSSR count). The second-order valence-electron chi connectivity index (χ2n) is 10.2. The molecule has 6 atom stereocenters. The van der Waals surface area contributed by atoms with Crippen molar-refractivity contribution in [3.05, 3.63) is 0 Å². The highest BCUT2D eigenvalue weighted by molar-refractivity contribution is 5.98. The lowest BCUT2D eigenvalue weighted by molar-refractivity contribution is -0.147. The van der Waals surface area contributed by atoms with E-state index >= 15 is 0 Å². The molecule has 3 heterocycles. The second kappa shape index (κ2) is 9.74. The van der Waals surface area contributed by atoms with E-state index in [0.29, 0.717) is 12.8 Å². The van der Waals surface area contributed by atoms with E-state index in [2.05, 4.69) is 10.6 Å². The molecule has 4 amide bonds. The Morgan fingerprint density at radius 1 is 0.750 bits per heavy atom. The molecule has 180 valence electrons. The summed E-state index contributed by atoms with van der Waals surface area (Å²) in [6.45, 7) is 7.68. The number of amides is 4. The molecule has 3 aliphatic heterocycles. The summed E-state index contributed by atoms with van der Waals surface area (Å²) in [6, 6.07) is -3.59. The minimum atomic E-state index is -0.911. The summed E-state index contributed by atoms with van der Waals surface area (Å²) in [7, 11) is 0. The molecule has 0 spiro atoms. The Labute approximate surface area is 188 Å². The van der Waals surface area contributed by atoms with Gasteiger partial charge in [-0.1, -0.05) is 27.7 Å². The first-order valence-electron chi connectivity index (χ1n) is 11.6. The molecular formula is C22H36N4O6. The third-order valence-electron chi connectivity index (χ3n) is 6.37. The Morgan fingerprint density at radius 2 is 1.09 bits per heavy atom. The molecule has 0 aromatic heterocycles. The number of nitrogens with one attached hydrogen (secondary N) is 2. The molecule has 0 saturated carbocycles. The van der Waals surface area contributed by atoms with Gasteiger partial charge in [-0.05, 0) is 24.7 Å². The van der Waals surface area contributed by atoms with Crippen molar-refractivity contribution in [3.63, 3.8) is 0 Å². The maximum Gasteiger partial charge on any atom is 0.245 e. The lowest BCUT2D eigenvalue weighted by atomic mass is 9.99. The number of aliphatic hydroxyl groups is 2. The normalized spacial score (nSPS) is 34.2. The summed E-state index contributed by atoms with van der Waals surface area (Å²) >= 11 is 0. The van der Waals surface area contributed by atoms with Gasteiger partial charge in [0.15, 0.2) is 0 Å². The lowest BCUT2D eigenvalue weighted by Crippen LogP contribution is -2.61. The SMILES string of the molecule is CC(C)C[C@@H]1NC(=O)[C@@H]2C[C@@H](O)CN2C(=O)[C@@H](CC(C)C)NC(=O)[C@@H]2C[C@@H](O)CN2C1=O. The van der Waals surface area contributed by atoms with E-state index in [9.17, 15) is 29.4 Å². The first-order valence-corrected chi connectivity index (χ1v) is 11.6. The summed E-state index contributed by atoms with van der Waals surface area (Å²) in [5.74, 6) is -1.64. The van der Waals surface area contributed by atoms with Crippen molar-refractivity contribution < 1.29 is 29.4 Å². The number of aliphatic hydroxyl groups excluding tert-OH is 2. The van der Waals surface area contributed by atoms with Crippen LogP contribution in [0.5, 0.6) is 0 Å². The Bertz CT molecular complexity index is 695. The molecule has 3 aliphatic rings. The van der Waals surface area contributed by atoms with E-state index in [1.165, 1.54) is 9.80 Å². The predicted molar refractivity (Wildman–Crippen MR) is 115 cm³/mol. The quantitative estimate of drug-likeness (QED) is 0.431. The Morgan fingerprint density at radius 3 is 1.41 bits per heavy atom. The zero-order chi connectivity index (χ0) is 23.7. The zero-order valence-electron chi connectivity index (χ0n) is 19.3. The molecule has 3 saturated heterocycles. The predicted octanol–water partition coefficient (Wildman–Crippen LogP) is -1.01. The lowest BCUT2D eigenvalue weighted by Gasteiger charge is -2.35. The van der Waals surface area contributed by atoms with Crippen LogP contribution in [0.25, 0.3) is 0 Å². The smallest absolute Gasteiger partial charge is 0.245 e. The van der Waals surface area contributed by atoms with Crippen LogP contribution in [-0.2, 0) is 19.2 Å². The van der Waals surface area contributed by atoms with Crippen molar-refractivity contribution in [2.24, 2.45) is 11.8 Å². The monoisotopic (exact) mass is 452 g/mol. The average Bonchev–Trinajstić information content (AvgIpc) is 3.27. The number of carbonyl (C=O) groups excluding carboxylic acids is 4. The minimum Gasteiger partial charge on any atom is -0.391 e. The molecule has 4 N–H and O–H groups in total. The van der Waals surface area contributed by atoms with Gasteiger partial charge < -0.3 is 30.6 Å². The summed E-state index contributed by atoms with van der Waals surface area (Å²) in [6.07, 6.45) is -0.850. The Balaban J connectivity index is 2.00. The van der Waals surface area contributed by atoms with Gasteiger partial charge in [-0.25, -0.2) is 0 Å². The third-order valence-corrected chi connectivity index (χ3v) is 6.37. The van der Waals surface area contributed by atoms with Crippen molar-refractivity contribution in [1.82, 2.24) is 20.4 Å². The zero-order valence-corrected chi connectivity index (χ0v) is 19.3. The molecule has 10 heteroatoms. The highest BCUT2D eigenvalue weighted by Gasteiger charge is 2.47. The van der Waals surface area contributed by atoms with Gasteiger partial charge in [-0.15, -0.1) is 0 Å². The largest absolute Gasteiger partial charge is 0.391 e. The third kappa shape index (κ3) is 5.23. The van der Waals surface area contributed by atoms with Crippen LogP contribution in [0.15, 0.2) is 0 Å². The van der Waals surface area contributed by atoms with Crippen LogP contribution < -0.4 is 10.6 Å². The molecule has 0 aliphatic carbocycles. The Hall–Kier alpha value is -2.20. The van der Waals surface area contributed by atoms with Crippen LogP contribution in [0, 0.1) is 11.8 Å². The number of nitrogens with zero attached hydrogens (tertiary/aromatic N) is 2. The highest BCUT2D eigenvalue weighted by atomic mass is 16.3. The van der Waals surface area contributed by atoms with Crippen molar-refractivity contribution in [3.8, 4) is 0 Å². The van der Waals surface area contributed by atoms with Crippen LogP contribution in [0.2, 0.25) is 0 Å². The van der Waals surface area contributed by atoms with Crippen molar-refractivity contribution >= 4 is 23.6 Å². The van der Waals surface area contributed by atoms with Gasteiger partial charge in [-0.3, -0.25) is 19.2 Å². The fraction of sp³-hybridized carbons (Fsp3) is 0.818. The van der Waals surface area contributed by atoms with Gasteiger partial charge in [0.2, 0.25) is 23.6 Å². The maximum absolute atomic E-state index is 13.4. The van der Waals surface area contributed by atoms with Crippen LogP contribution >= 0.6 is 0 Å². The van der Waals surface area contributed by atoms with Gasteiger partial charge in [-0.2, -0.15) is 0 Å². The van der Waals surface area contributed by atoms with Gasteiger partial charge in [0.25, 0.3) is 0 Å². The van der Waals surface area contributed by atoms with Crippen LogP contribution in [-0.4, -0.2) is 93.1 Å². The van der Waals surface area contributed by atoms with Gasteiger partial charge in [0.05, 0.1) is 12.2 Å². The molecular weight excluding hydrogens is 416 g/mol. The number of carbonyl (C=O) groups is 4. The maximum atomic E-state index is 13.4. The molecule has 0 bridgehead atoms. The number of rotatable bonds is 4. The van der Waals surface area contributed by atoms with E-state index in [1.807, 2.05) is 27.7 Å². The van der Waals surface area contributed by atoms with E-state index in [-0.39, 0.29) is 37.8 Å². The molecule has 0 radical (unpaired) electrons. The van der Waals surface area contributed by atoms with Gasteiger partial charge in [0, 0.05) is 25.9 Å². The van der Waals surface area contributed by atoms with E-state index in [1.54, 1.807) is 0 Å². The molecule has 32 heavy (non-hydrogen) atoms. The first kappa shape index (κ1) is 24.4. The Kier molecular flexibility index (Phi) is 7.44. The topological polar surface area (TPSA) is 139 Å². The van der Waals surface area contributed by atoms with Crippen LogP contribution in [0.1, 0.15) is 53.4 Å². The fourth-order valence-electron chi connectivity index (χ4n) is 4.93. The van der Waals surface area contributed by atoms with Crippen molar-refractivity contribution in [2.75, 3.05) is 13.1 Å². The number of hydrogen-bond donors (Lipinski definition) is 4. The first-order chi connectivity index (χ1) is 15.0. The standard InChI is InChI=1S/C22H36N4O6/c1-11(2)5-15-21(31)25-9-13(27)8-18(25)20(30)24-16(6-12(3)4)22(32)26-10-14(28)7-17(26)19(29)23-15/h11-18,27-28H,5-10H2,1-4H3,(H,23,29)(H,24,30)/t13-,14-,15-,16+,17+,18+/m1/s1. The van der Waals surface area contributed by atoms with E-state index in [0.717, 1.165) is 0 Å². The molecule has 10 nitrogen and oxygen atoms in total. The summed E-state index contributed by atoms with van der Waals surface area (Å²) in [5, 5.41) is 26.0. The summed E-state index contributed by atoms with van der Waals surface area (Å²) < 4.78 is 0. The summed E-state index contributed by atoms with van der Waals surface area (Å²) in [4.78, 5) is 55.8. The van der Waals surface area contributed by atoms with Gasteiger partial charge >= 0.3 is 0 Å². The molecule has 0 aromatic carbocycles. The van der Waals surface area contributed by atoms with Crippen molar-refractivity contribution in [2.45, 2.75) is 89.8 Å². The average molecular weight is 453 g/mol. The second-order valence-corrected chi connectivity index (χ2v) is 10.2.